The summed E-state index contributed by atoms with van der Waals surface area (Å²) in [5, 5.41) is 10.2. The summed E-state index contributed by atoms with van der Waals surface area (Å²) in [7, 11) is 0. The Kier molecular flexibility index (Phi) is 3.63. The molecule has 1 aromatic heterocycles. The second kappa shape index (κ2) is 4.97. The Morgan fingerprint density at radius 3 is 2.55 bits per heavy atom. The Morgan fingerprint density at radius 1 is 1.35 bits per heavy atom. The molecule has 0 spiro atoms. The normalized spacial score (nSPS) is 13.7. The van der Waals surface area contributed by atoms with E-state index in [0.29, 0.717) is 6.42 Å². The maximum atomic E-state index is 11.0. The summed E-state index contributed by atoms with van der Waals surface area (Å²) in [4.78, 5) is 14.4. The number of aryl methyl sites for hydroxylation is 1. The molecule has 1 unspecified atom stereocenters. The molecule has 1 aromatic carbocycles. The quantitative estimate of drug-likeness (QED) is 0.886. The molecule has 1 atom stereocenters. The molecule has 3 nitrogen and oxygen atoms in total. The molecule has 2 N–H and O–H groups in total. The molecule has 0 bridgehead atoms. The zero-order valence-electron chi connectivity index (χ0n) is 12.9. The van der Waals surface area contributed by atoms with E-state index < -0.39 is 5.97 Å². The highest BCUT2D eigenvalue weighted by Crippen LogP contribution is 2.29. The number of carboxylic acids is 1. The molecule has 2 aromatic rings. The smallest absolute Gasteiger partial charge is 0.306 e. The number of aliphatic carboxylic acids is 1. The standard InChI is InChI=1S/C17H23NO2/c1-10(16(19)20)8-15-11(2)13-9-12(17(3,4)5)6-7-14(13)18-15/h6-7,9-10,18H,8H2,1-5H3,(H,19,20). The van der Waals surface area contributed by atoms with Crippen LogP contribution in [0.1, 0.15) is 44.5 Å². The zero-order valence-corrected chi connectivity index (χ0v) is 12.9. The van der Waals surface area contributed by atoms with E-state index in [-0.39, 0.29) is 11.3 Å². The highest BCUT2D eigenvalue weighted by atomic mass is 16.4. The molecule has 0 saturated carbocycles. The molecule has 0 amide bonds. The first kappa shape index (κ1) is 14.6. The van der Waals surface area contributed by atoms with Gasteiger partial charge in [-0.15, -0.1) is 0 Å². The van der Waals surface area contributed by atoms with E-state index in [1.165, 1.54) is 16.5 Å². The lowest BCUT2D eigenvalue weighted by molar-refractivity contribution is -0.141. The van der Waals surface area contributed by atoms with E-state index in [1.54, 1.807) is 6.92 Å². The number of rotatable bonds is 3. The maximum Gasteiger partial charge on any atom is 0.306 e. The first-order valence-corrected chi connectivity index (χ1v) is 7.04. The summed E-state index contributed by atoms with van der Waals surface area (Å²) in [6.45, 7) is 10.4. The van der Waals surface area contributed by atoms with Gasteiger partial charge in [-0.3, -0.25) is 4.79 Å². The lowest BCUT2D eigenvalue weighted by Gasteiger charge is -2.19. The number of carbonyl (C=O) groups is 1. The van der Waals surface area contributed by atoms with Crippen molar-refractivity contribution in [2.45, 2.75) is 46.5 Å². The number of H-pyrrole nitrogens is 1. The zero-order chi connectivity index (χ0) is 15.1. The lowest BCUT2D eigenvalue weighted by Crippen LogP contribution is -2.12. The van der Waals surface area contributed by atoms with Crippen molar-refractivity contribution < 1.29 is 9.90 Å². The maximum absolute atomic E-state index is 11.0. The van der Waals surface area contributed by atoms with Crippen LogP contribution in [0.25, 0.3) is 10.9 Å². The second-order valence-corrected chi connectivity index (χ2v) is 6.68. The van der Waals surface area contributed by atoms with Crippen LogP contribution in [0.15, 0.2) is 18.2 Å². The molecule has 0 saturated heterocycles. The fraction of sp³-hybridized carbons (Fsp3) is 0.471. The minimum atomic E-state index is -0.751. The van der Waals surface area contributed by atoms with Crippen LogP contribution in [0.2, 0.25) is 0 Å². The van der Waals surface area contributed by atoms with E-state index in [9.17, 15) is 4.79 Å². The predicted octanol–water partition coefficient (Wildman–Crippen LogP) is 4.04. The number of aromatic amines is 1. The van der Waals surface area contributed by atoms with E-state index in [2.05, 4.69) is 50.9 Å². The third-order valence-electron chi connectivity index (χ3n) is 3.96. The summed E-state index contributed by atoms with van der Waals surface area (Å²) < 4.78 is 0. The number of fused-ring (bicyclic) bond motifs is 1. The van der Waals surface area contributed by atoms with Crippen molar-refractivity contribution in [1.82, 2.24) is 4.98 Å². The van der Waals surface area contributed by atoms with E-state index in [4.69, 9.17) is 5.11 Å². The van der Waals surface area contributed by atoms with Gasteiger partial charge in [0, 0.05) is 23.0 Å². The van der Waals surface area contributed by atoms with Crippen molar-refractivity contribution in [3.8, 4) is 0 Å². The number of hydrogen-bond acceptors (Lipinski definition) is 1. The molecule has 1 heterocycles. The number of nitrogens with one attached hydrogen (secondary N) is 1. The topological polar surface area (TPSA) is 53.1 Å². The Hall–Kier alpha value is -1.77. The fourth-order valence-electron chi connectivity index (χ4n) is 2.45. The first-order chi connectivity index (χ1) is 9.20. The molecule has 0 aliphatic rings. The molecular weight excluding hydrogens is 250 g/mol. The second-order valence-electron chi connectivity index (χ2n) is 6.68. The highest BCUT2D eigenvalue weighted by Gasteiger charge is 2.18. The monoisotopic (exact) mass is 273 g/mol. The molecular formula is C17H23NO2. The Bertz CT molecular complexity index is 647. The van der Waals surface area contributed by atoms with Crippen molar-refractivity contribution in [3.63, 3.8) is 0 Å². The Labute approximate surface area is 120 Å². The van der Waals surface area contributed by atoms with Crippen LogP contribution in [-0.2, 0) is 16.6 Å². The Balaban J connectivity index is 2.45. The molecule has 108 valence electrons. The fourth-order valence-corrected chi connectivity index (χ4v) is 2.45. The van der Waals surface area contributed by atoms with Gasteiger partial charge in [0.2, 0.25) is 0 Å². The van der Waals surface area contributed by atoms with Gasteiger partial charge in [0.05, 0.1) is 5.92 Å². The van der Waals surface area contributed by atoms with Crippen LogP contribution in [0.3, 0.4) is 0 Å². The summed E-state index contributed by atoms with van der Waals surface area (Å²) in [6, 6.07) is 6.45. The van der Waals surface area contributed by atoms with Crippen molar-refractivity contribution in [3.05, 3.63) is 35.0 Å². The minimum Gasteiger partial charge on any atom is -0.481 e. The van der Waals surface area contributed by atoms with Gasteiger partial charge in [-0.2, -0.15) is 0 Å². The third-order valence-corrected chi connectivity index (χ3v) is 3.96. The third kappa shape index (κ3) is 2.72. The largest absolute Gasteiger partial charge is 0.481 e. The number of aromatic nitrogens is 1. The van der Waals surface area contributed by atoms with E-state index in [0.717, 1.165) is 11.2 Å². The van der Waals surface area contributed by atoms with Crippen molar-refractivity contribution >= 4 is 16.9 Å². The van der Waals surface area contributed by atoms with Gasteiger partial charge in [0.15, 0.2) is 0 Å². The molecule has 0 radical (unpaired) electrons. The van der Waals surface area contributed by atoms with Gasteiger partial charge in [0.25, 0.3) is 0 Å². The Morgan fingerprint density at radius 2 is 2.00 bits per heavy atom. The first-order valence-electron chi connectivity index (χ1n) is 7.04. The van der Waals surface area contributed by atoms with E-state index in [1.807, 2.05) is 0 Å². The van der Waals surface area contributed by atoms with Crippen molar-refractivity contribution in [2.75, 3.05) is 0 Å². The summed E-state index contributed by atoms with van der Waals surface area (Å²) in [5.74, 6) is -1.12. The van der Waals surface area contributed by atoms with Crippen LogP contribution in [0.5, 0.6) is 0 Å². The number of hydrogen-bond donors (Lipinski definition) is 2. The molecule has 0 aliphatic carbocycles. The van der Waals surface area contributed by atoms with Gasteiger partial charge in [-0.05, 0) is 35.6 Å². The average Bonchev–Trinajstić information content (AvgIpc) is 2.65. The predicted molar refractivity (Wildman–Crippen MR) is 82.2 cm³/mol. The SMILES string of the molecule is Cc1c(CC(C)C(=O)O)[nH]c2ccc(C(C)(C)C)cc12. The van der Waals surface area contributed by atoms with Crippen molar-refractivity contribution in [1.29, 1.82) is 0 Å². The average molecular weight is 273 g/mol. The minimum absolute atomic E-state index is 0.117. The van der Waals surface area contributed by atoms with Crippen LogP contribution >= 0.6 is 0 Å². The van der Waals surface area contributed by atoms with Gasteiger partial charge in [0.1, 0.15) is 0 Å². The molecule has 0 fully saturated rings. The van der Waals surface area contributed by atoms with Gasteiger partial charge < -0.3 is 10.1 Å². The van der Waals surface area contributed by atoms with Crippen molar-refractivity contribution in [2.24, 2.45) is 5.92 Å². The molecule has 0 aliphatic heterocycles. The van der Waals surface area contributed by atoms with Crippen LogP contribution in [0.4, 0.5) is 0 Å². The molecule has 3 heteroatoms. The summed E-state index contributed by atoms with van der Waals surface area (Å²) in [6.07, 6.45) is 0.542. The summed E-state index contributed by atoms with van der Waals surface area (Å²) >= 11 is 0. The molecule has 2 rings (SSSR count). The van der Waals surface area contributed by atoms with Crippen LogP contribution in [0, 0.1) is 12.8 Å². The molecule has 20 heavy (non-hydrogen) atoms. The van der Waals surface area contributed by atoms with Gasteiger partial charge >= 0.3 is 5.97 Å². The highest BCUT2D eigenvalue weighted by molar-refractivity contribution is 5.85. The van der Waals surface area contributed by atoms with Gasteiger partial charge in [-0.1, -0.05) is 33.8 Å². The lowest BCUT2D eigenvalue weighted by atomic mass is 9.86. The number of benzene rings is 1. The summed E-state index contributed by atoms with van der Waals surface area (Å²) in [5.41, 5.74) is 4.69. The van der Waals surface area contributed by atoms with Gasteiger partial charge in [-0.25, -0.2) is 0 Å². The van der Waals surface area contributed by atoms with Crippen LogP contribution in [-0.4, -0.2) is 16.1 Å². The van der Waals surface area contributed by atoms with E-state index >= 15 is 0 Å². The van der Waals surface area contributed by atoms with Crippen LogP contribution < -0.4 is 0 Å². The number of carboxylic acid groups (broad SMARTS) is 1.